The third kappa shape index (κ3) is 5.18. The minimum atomic E-state index is -0.565. The van der Waals surface area contributed by atoms with E-state index in [4.69, 9.17) is 4.84 Å². The second kappa shape index (κ2) is 9.75. The van der Waals surface area contributed by atoms with Gasteiger partial charge in [0.05, 0.1) is 17.2 Å². The molecule has 26 heavy (non-hydrogen) atoms. The Bertz CT molecular complexity index is 695. The standard InChI is InChI=1S/C20H26N2O4/c1-3-8-16(22-26-4-2)19-17(23)11-15(12-18(19)24)20(25)21-13-14-9-6-5-7-10-14/h5-7,9-10,15,23H,3-4,8,11-13H2,1-2H3,(H,21,25). The first-order valence-electron chi connectivity index (χ1n) is 9.02. The Labute approximate surface area is 153 Å². The lowest BCUT2D eigenvalue weighted by molar-refractivity contribution is -0.129. The van der Waals surface area contributed by atoms with E-state index in [0.717, 1.165) is 12.0 Å². The number of hydrogen-bond donors (Lipinski definition) is 2. The predicted octanol–water partition coefficient (Wildman–Crippen LogP) is 3.29. The maximum atomic E-state index is 12.5. The molecule has 140 valence electrons. The number of allylic oxidation sites excluding steroid dienone is 2. The van der Waals surface area contributed by atoms with E-state index in [0.29, 0.717) is 25.3 Å². The Kier molecular flexibility index (Phi) is 7.38. The molecule has 0 saturated heterocycles. The first kappa shape index (κ1) is 19.7. The van der Waals surface area contributed by atoms with E-state index >= 15 is 0 Å². The fourth-order valence-electron chi connectivity index (χ4n) is 2.93. The molecule has 1 amide bonds. The van der Waals surface area contributed by atoms with Gasteiger partial charge in [-0.3, -0.25) is 9.59 Å². The monoisotopic (exact) mass is 358 g/mol. The minimum absolute atomic E-state index is 0.0644. The van der Waals surface area contributed by atoms with E-state index in [1.807, 2.05) is 37.3 Å². The number of carbonyl (C=O) groups is 2. The van der Waals surface area contributed by atoms with Gasteiger partial charge < -0.3 is 15.3 Å². The van der Waals surface area contributed by atoms with Gasteiger partial charge in [0, 0.05) is 19.4 Å². The summed E-state index contributed by atoms with van der Waals surface area (Å²) in [7, 11) is 0. The molecule has 2 N–H and O–H groups in total. The van der Waals surface area contributed by atoms with E-state index < -0.39 is 5.92 Å². The number of aliphatic hydroxyl groups excluding tert-OH is 1. The number of hydrogen-bond acceptors (Lipinski definition) is 5. The summed E-state index contributed by atoms with van der Waals surface area (Å²) in [4.78, 5) is 30.0. The van der Waals surface area contributed by atoms with Crippen LogP contribution in [0.3, 0.4) is 0 Å². The molecule has 1 aliphatic carbocycles. The smallest absolute Gasteiger partial charge is 0.224 e. The van der Waals surface area contributed by atoms with Crippen molar-refractivity contribution in [1.29, 1.82) is 0 Å². The average molecular weight is 358 g/mol. The van der Waals surface area contributed by atoms with Crippen LogP contribution in [-0.2, 0) is 21.0 Å². The van der Waals surface area contributed by atoms with Gasteiger partial charge in [-0.05, 0) is 18.9 Å². The molecule has 0 aromatic heterocycles. The Balaban J connectivity index is 2.06. The predicted molar refractivity (Wildman–Crippen MR) is 99.6 cm³/mol. The number of rotatable bonds is 8. The Morgan fingerprint density at radius 3 is 2.62 bits per heavy atom. The van der Waals surface area contributed by atoms with Crippen molar-refractivity contribution in [2.24, 2.45) is 11.1 Å². The summed E-state index contributed by atoms with van der Waals surface area (Å²) in [6.07, 6.45) is 1.51. The van der Waals surface area contributed by atoms with Crippen molar-refractivity contribution in [3.63, 3.8) is 0 Å². The number of carbonyl (C=O) groups excluding carboxylic acids is 2. The zero-order valence-electron chi connectivity index (χ0n) is 15.3. The first-order chi connectivity index (χ1) is 12.6. The van der Waals surface area contributed by atoms with Crippen molar-refractivity contribution < 1.29 is 19.5 Å². The van der Waals surface area contributed by atoms with Crippen LogP contribution in [0.5, 0.6) is 0 Å². The average Bonchev–Trinajstić information content (AvgIpc) is 2.64. The van der Waals surface area contributed by atoms with Crippen LogP contribution in [0.25, 0.3) is 0 Å². The molecule has 0 radical (unpaired) electrons. The van der Waals surface area contributed by atoms with Gasteiger partial charge >= 0.3 is 0 Å². The van der Waals surface area contributed by atoms with Crippen LogP contribution in [0.1, 0.15) is 45.1 Å². The summed E-state index contributed by atoms with van der Waals surface area (Å²) in [6, 6.07) is 9.55. The molecule has 6 nitrogen and oxygen atoms in total. The van der Waals surface area contributed by atoms with Gasteiger partial charge in [-0.25, -0.2) is 0 Å². The van der Waals surface area contributed by atoms with Gasteiger partial charge in [0.2, 0.25) is 5.91 Å². The SMILES string of the molecule is CCCC(=NOCC)C1=C(O)CC(C(=O)NCc2ccccc2)CC1=O. The summed E-state index contributed by atoms with van der Waals surface area (Å²) >= 11 is 0. The molecule has 0 heterocycles. The summed E-state index contributed by atoms with van der Waals surface area (Å²) in [6.45, 7) is 4.55. The van der Waals surface area contributed by atoms with Gasteiger partial charge in [0.1, 0.15) is 12.4 Å². The van der Waals surface area contributed by atoms with Gasteiger partial charge in [0.25, 0.3) is 0 Å². The van der Waals surface area contributed by atoms with E-state index in [1.165, 1.54) is 0 Å². The Morgan fingerprint density at radius 1 is 1.27 bits per heavy atom. The highest BCUT2D eigenvalue weighted by Gasteiger charge is 2.34. The summed E-state index contributed by atoms with van der Waals surface area (Å²) in [5.74, 6) is -1.13. The van der Waals surface area contributed by atoms with E-state index in [2.05, 4.69) is 10.5 Å². The highest BCUT2D eigenvalue weighted by atomic mass is 16.6. The van der Waals surface area contributed by atoms with Crippen molar-refractivity contribution in [3.05, 3.63) is 47.2 Å². The van der Waals surface area contributed by atoms with Gasteiger partial charge in [-0.2, -0.15) is 0 Å². The molecule has 0 spiro atoms. The van der Waals surface area contributed by atoms with Crippen molar-refractivity contribution in [1.82, 2.24) is 5.32 Å². The largest absolute Gasteiger partial charge is 0.511 e. The second-order valence-electron chi connectivity index (χ2n) is 6.26. The molecule has 1 aliphatic rings. The molecule has 0 bridgehead atoms. The lowest BCUT2D eigenvalue weighted by atomic mass is 9.84. The molecule has 6 heteroatoms. The van der Waals surface area contributed by atoms with Gasteiger partial charge in [0.15, 0.2) is 5.78 Å². The molecule has 1 unspecified atom stereocenters. The Hall–Kier alpha value is -2.63. The van der Waals surface area contributed by atoms with Crippen LogP contribution in [0, 0.1) is 5.92 Å². The number of Topliss-reactive ketones (excluding diaryl/α,β-unsaturated/α-hetero) is 1. The number of nitrogens with one attached hydrogen (secondary N) is 1. The van der Waals surface area contributed by atoms with Crippen molar-refractivity contribution in [2.75, 3.05) is 6.61 Å². The fraction of sp³-hybridized carbons (Fsp3) is 0.450. The van der Waals surface area contributed by atoms with Gasteiger partial charge in [-0.1, -0.05) is 48.8 Å². The molecule has 1 atom stereocenters. The molecular weight excluding hydrogens is 332 g/mol. The molecular formula is C20H26N2O4. The molecule has 0 fully saturated rings. The van der Waals surface area contributed by atoms with Crippen LogP contribution in [-0.4, -0.2) is 29.1 Å². The zero-order valence-corrected chi connectivity index (χ0v) is 15.3. The van der Waals surface area contributed by atoms with Crippen LogP contribution in [0.15, 0.2) is 46.8 Å². The van der Waals surface area contributed by atoms with Crippen LogP contribution in [0.4, 0.5) is 0 Å². The zero-order chi connectivity index (χ0) is 18.9. The second-order valence-corrected chi connectivity index (χ2v) is 6.26. The minimum Gasteiger partial charge on any atom is -0.511 e. The highest BCUT2D eigenvalue weighted by Crippen LogP contribution is 2.28. The molecule has 1 aromatic carbocycles. The molecule has 0 saturated carbocycles. The summed E-state index contributed by atoms with van der Waals surface area (Å²) in [5, 5.41) is 17.2. The number of amides is 1. The van der Waals surface area contributed by atoms with Crippen LogP contribution < -0.4 is 5.32 Å². The third-order valence-corrected chi connectivity index (χ3v) is 4.20. The highest BCUT2D eigenvalue weighted by molar-refractivity contribution is 6.23. The van der Waals surface area contributed by atoms with E-state index in [1.54, 1.807) is 6.92 Å². The van der Waals surface area contributed by atoms with Crippen molar-refractivity contribution >= 4 is 17.4 Å². The summed E-state index contributed by atoms with van der Waals surface area (Å²) < 4.78 is 0. The Morgan fingerprint density at radius 2 is 2.00 bits per heavy atom. The maximum Gasteiger partial charge on any atom is 0.224 e. The third-order valence-electron chi connectivity index (χ3n) is 4.20. The lowest BCUT2D eigenvalue weighted by Crippen LogP contribution is -2.35. The van der Waals surface area contributed by atoms with Crippen LogP contribution >= 0.6 is 0 Å². The van der Waals surface area contributed by atoms with Gasteiger partial charge in [-0.15, -0.1) is 0 Å². The first-order valence-corrected chi connectivity index (χ1v) is 9.02. The number of benzene rings is 1. The maximum absolute atomic E-state index is 12.5. The van der Waals surface area contributed by atoms with E-state index in [-0.39, 0.29) is 35.9 Å². The van der Waals surface area contributed by atoms with Crippen molar-refractivity contribution in [3.8, 4) is 0 Å². The quantitative estimate of drug-likeness (QED) is 0.551. The van der Waals surface area contributed by atoms with E-state index in [9.17, 15) is 14.7 Å². The fourth-order valence-corrected chi connectivity index (χ4v) is 2.93. The number of aliphatic hydroxyl groups is 1. The topological polar surface area (TPSA) is 88.0 Å². The van der Waals surface area contributed by atoms with Crippen molar-refractivity contribution in [2.45, 2.75) is 46.1 Å². The lowest BCUT2D eigenvalue weighted by Gasteiger charge is -2.23. The summed E-state index contributed by atoms with van der Waals surface area (Å²) in [5.41, 5.74) is 1.66. The number of ketones is 1. The molecule has 1 aromatic rings. The number of nitrogens with zero attached hydrogens (tertiary/aromatic N) is 1. The normalized spacial score (nSPS) is 18.0. The molecule has 0 aliphatic heterocycles. The molecule has 2 rings (SSSR count). The van der Waals surface area contributed by atoms with Crippen LogP contribution in [0.2, 0.25) is 0 Å². The number of oxime groups is 1.